The molecule has 3 aromatic carbocycles. The zero-order valence-electron chi connectivity index (χ0n) is 24.5. The van der Waals surface area contributed by atoms with Crippen LogP contribution in [0.15, 0.2) is 65.7 Å². The fourth-order valence-electron chi connectivity index (χ4n) is 4.65. The fraction of sp³-hybridized carbons (Fsp3) is 0.323. The van der Waals surface area contributed by atoms with E-state index in [1.54, 1.807) is 29.0 Å². The Morgan fingerprint density at radius 1 is 1.02 bits per heavy atom. The van der Waals surface area contributed by atoms with Crippen LogP contribution in [0.1, 0.15) is 50.7 Å². The third-order valence-electron chi connectivity index (χ3n) is 7.28. The number of methoxy groups -OCH3 is 1. The molecule has 0 fully saturated rings. The van der Waals surface area contributed by atoms with Gasteiger partial charge in [-0.1, -0.05) is 56.5 Å². The summed E-state index contributed by atoms with van der Waals surface area (Å²) < 4.78 is 69.2. The van der Waals surface area contributed by atoms with E-state index >= 15 is 4.39 Å². The summed E-state index contributed by atoms with van der Waals surface area (Å²) in [5, 5.41) is 0.268. The fourth-order valence-corrected chi connectivity index (χ4v) is 6.42. The molecule has 0 bridgehead atoms. The molecule has 0 spiro atoms. The summed E-state index contributed by atoms with van der Waals surface area (Å²) in [6, 6.07) is 13.4. The highest BCUT2D eigenvalue weighted by atomic mass is 35.5. The zero-order chi connectivity index (χ0) is 31.5. The molecule has 0 saturated carbocycles. The van der Waals surface area contributed by atoms with E-state index in [0.717, 1.165) is 23.7 Å². The Morgan fingerprint density at radius 2 is 1.72 bits per heavy atom. The Kier molecular flexibility index (Phi) is 10.1. The number of benzene rings is 3. The van der Waals surface area contributed by atoms with Gasteiger partial charge in [-0.05, 0) is 60.5 Å². The van der Waals surface area contributed by atoms with Gasteiger partial charge in [0.25, 0.3) is 0 Å². The van der Waals surface area contributed by atoms with Crippen molar-refractivity contribution in [1.29, 1.82) is 0 Å². The molecule has 7 nitrogen and oxygen atoms in total. The van der Waals surface area contributed by atoms with Crippen molar-refractivity contribution in [1.82, 2.24) is 13.9 Å². The quantitative estimate of drug-likeness (QED) is 0.156. The molecule has 12 heteroatoms. The van der Waals surface area contributed by atoms with Crippen LogP contribution in [0, 0.1) is 11.6 Å². The normalized spacial score (nSPS) is 12.1. The summed E-state index contributed by atoms with van der Waals surface area (Å²) >= 11 is 12.6. The number of hydrogen-bond donors (Lipinski definition) is 0. The highest BCUT2D eigenvalue weighted by Crippen LogP contribution is 2.38. The van der Waals surface area contributed by atoms with Crippen LogP contribution in [0.3, 0.4) is 0 Å². The molecule has 4 rings (SSSR count). The number of imidazole rings is 1. The van der Waals surface area contributed by atoms with Crippen LogP contribution in [0.2, 0.25) is 10.0 Å². The Morgan fingerprint density at radius 3 is 2.35 bits per heavy atom. The van der Waals surface area contributed by atoms with Crippen molar-refractivity contribution in [2.24, 2.45) is 0 Å². The first-order valence-corrected chi connectivity index (χ1v) is 15.8. The van der Waals surface area contributed by atoms with E-state index in [-0.39, 0.29) is 22.3 Å². The number of hydrogen-bond acceptors (Lipinski definition) is 5. The number of halogens is 4. The van der Waals surface area contributed by atoms with Gasteiger partial charge in [0.15, 0.2) is 17.4 Å². The van der Waals surface area contributed by atoms with Crippen molar-refractivity contribution in [2.75, 3.05) is 20.7 Å². The third kappa shape index (κ3) is 6.82. The average molecular weight is 653 g/mol. The van der Waals surface area contributed by atoms with Gasteiger partial charge in [-0.15, -0.1) is 0 Å². The molecule has 0 aliphatic heterocycles. The molecule has 0 amide bonds. The van der Waals surface area contributed by atoms with E-state index in [1.807, 2.05) is 32.9 Å². The number of unbranched alkanes of at least 4 members (excludes halogenated alkanes) is 1. The predicted molar refractivity (Wildman–Crippen MR) is 164 cm³/mol. The number of ether oxygens (including phenoxy) is 2. The number of rotatable bonds is 12. The maximum Gasteiger partial charge on any atom is 0.242 e. The van der Waals surface area contributed by atoms with Crippen molar-refractivity contribution >= 4 is 33.2 Å². The van der Waals surface area contributed by atoms with Gasteiger partial charge in [0.05, 0.1) is 27.7 Å². The van der Waals surface area contributed by atoms with Gasteiger partial charge in [0.2, 0.25) is 10.0 Å². The summed E-state index contributed by atoms with van der Waals surface area (Å²) in [5.41, 5.74) is 1.55. The van der Waals surface area contributed by atoms with Gasteiger partial charge in [-0.3, -0.25) is 4.57 Å². The van der Waals surface area contributed by atoms with E-state index in [2.05, 4.69) is 4.98 Å². The molecule has 0 saturated heterocycles. The van der Waals surface area contributed by atoms with Crippen LogP contribution in [-0.2, 0) is 22.0 Å². The molecular formula is C31H33Cl2F2N3O4S. The van der Waals surface area contributed by atoms with Gasteiger partial charge < -0.3 is 9.47 Å². The highest BCUT2D eigenvalue weighted by molar-refractivity contribution is 7.89. The van der Waals surface area contributed by atoms with Gasteiger partial charge >= 0.3 is 0 Å². The van der Waals surface area contributed by atoms with Gasteiger partial charge in [-0.2, -0.15) is 0 Å². The zero-order valence-corrected chi connectivity index (χ0v) is 26.8. The van der Waals surface area contributed by atoms with E-state index in [9.17, 15) is 12.8 Å². The van der Waals surface area contributed by atoms with Crippen LogP contribution < -0.4 is 9.47 Å². The van der Waals surface area contributed by atoms with Gasteiger partial charge in [-0.25, -0.2) is 26.5 Å². The molecule has 1 heterocycles. The van der Waals surface area contributed by atoms with E-state index in [4.69, 9.17) is 32.7 Å². The smallest absolute Gasteiger partial charge is 0.242 e. The first kappa shape index (κ1) is 32.7. The Balaban J connectivity index is 1.71. The van der Waals surface area contributed by atoms with Crippen molar-refractivity contribution in [2.45, 2.75) is 50.5 Å². The van der Waals surface area contributed by atoms with Gasteiger partial charge in [0, 0.05) is 30.9 Å². The van der Waals surface area contributed by atoms with E-state index < -0.39 is 27.1 Å². The largest absolute Gasteiger partial charge is 0.495 e. The molecule has 0 aliphatic carbocycles. The first-order valence-electron chi connectivity index (χ1n) is 13.6. The lowest BCUT2D eigenvalue weighted by molar-refractivity contribution is 0.278. The number of sulfonamides is 1. The lowest BCUT2D eigenvalue weighted by Crippen LogP contribution is -2.28. The molecule has 0 aliphatic rings. The van der Waals surface area contributed by atoms with E-state index in [0.29, 0.717) is 35.2 Å². The van der Waals surface area contributed by atoms with Crippen LogP contribution in [-0.4, -0.2) is 43.0 Å². The minimum Gasteiger partial charge on any atom is -0.495 e. The number of aromatic nitrogens is 2. The maximum absolute atomic E-state index is 15.3. The highest BCUT2D eigenvalue weighted by Gasteiger charge is 2.31. The minimum absolute atomic E-state index is 0.198. The molecular weight excluding hydrogens is 619 g/mol. The monoisotopic (exact) mass is 651 g/mol. The average Bonchev–Trinajstić information content (AvgIpc) is 3.40. The lowest BCUT2D eigenvalue weighted by atomic mass is 9.81. The summed E-state index contributed by atoms with van der Waals surface area (Å²) in [5.74, 6) is -0.760. The van der Waals surface area contributed by atoms with Crippen molar-refractivity contribution in [3.05, 3.63) is 99.6 Å². The SMILES string of the molecule is CCCCN(C)S(=O)(=O)c1cc(F)c(OCc2ncc(C(C)(C)c3ccc(Cl)c(OC)c3)n2-c2ccc(F)cc2)c(Cl)c1. The summed E-state index contributed by atoms with van der Waals surface area (Å²) in [6.07, 6.45) is 3.14. The van der Waals surface area contributed by atoms with Gasteiger partial charge in [0.1, 0.15) is 18.2 Å². The standard InChI is InChI=1S/C31H33Cl2F2N3O4S/c1-6-7-14-37(4)43(39,40)23-16-25(33)30(26(35)17-23)42-19-29-36-18-28(38(29)22-11-9-21(34)10-12-22)31(2,3)20-8-13-24(32)27(15-20)41-5/h8-13,15-18H,6-7,14,19H2,1-5H3. The van der Waals surface area contributed by atoms with Crippen molar-refractivity contribution in [3.63, 3.8) is 0 Å². The second kappa shape index (κ2) is 13.2. The van der Waals surface area contributed by atoms with Crippen LogP contribution in [0.25, 0.3) is 5.69 Å². The molecule has 0 unspecified atom stereocenters. The maximum atomic E-state index is 15.3. The molecule has 230 valence electrons. The summed E-state index contributed by atoms with van der Waals surface area (Å²) in [4.78, 5) is 4.30. The van der Waals surface area contributed by atoms with Crippen LogP contribution >= 0.6 is 23.2 Å². The Hall–Kier alpha value is -3.18. The minimum atomic E-state index is -3.94. The van der Waals surface area contributed by atoms with Crippen molar-refractivity contribution in [3.8, 4) is 17.2 Å². The Bertz CT molecular complexity index is 1690. The van der Waals surface area contributed by atoms with Crippen LogP contribution in [0.5, 0.6) is 11.5 Å². The molecule has 1 aromatic heterocycles. The van der Waals surface area contributed by atoms with E-state index in [1.165, 1.54) is 36.7 Å². The summed E-state index contributed by atoms with van der Waals surface area (Å²) in [6.45, 7) is 6.00. The molecule has 0 radical (unpaired) electrons. The lowest BCUT2D eigenvalue weighted by Gasteiger charge is -2.28. The summed E-state index contributed by atoms with van der Waals surface area (Å²) in [7, 11) is -0.970. The molecule has 0 atom stereocenters. The molecule has 0 N–H and O–H groups in total. The molecule has 43 heavy (non-hydrogen) atoms. The van der Waals surface area contributed by atoms with Crippen LogP contribution in [0.4, 0.5) is 8.78 Å². The number of nitrogens with zero attached hydrogens (tertiary/aromatic N) is 3. The third-order valence-corrected chi connectivity index (χ3v) is 9.71. The first-order chi connectivity index (χ1) is 20.3. The molecule has 4 aromatic rings. The van der Waals surface area contributed by atoms with Crippen molar-refractivity contribution < 1.29 is 26.7 Å². The second-order valence-electron chi connectivity index (χ2n) is 10.5. The second-order valence-corrected chi connectivity index (χ2v) is 13.4. The topological polar surface area (TPSA) is 73.7 Å². The Labute approximate surface area is 261 Å². The predicted octanol–water partition coefficient (Wildman–Crippen LogP) is 7.79.